The second-order valence-electron chi connectivity index (χ2n) is 11.4. The third-order valence-electron chi connectivity index (χ3n) is 8.60. The van der Waals surface area contributed by atoms with Crippen molar-refractivity contribution in [3.63, 3.8) is 0 Å². The number of para-hydroxylation sites is 1. The van der Waals surface area contributed by atoms with Gasteiger partial charge in [0.25, 0.3) is 0 Å². The Balaban J connectivity index is 1.26. The van der Waals surface area contributed by atoms with Gasteiger partial charge < -0.3 is 5.32 Å². The molecule has 0 saturated heterocycles. The number of aromatic nitrogens is 4. The van der Waals surface area contributed by atoms with Gasteiger partial charge in [0, 0.05) is 44.9 Å². The normalized spacial score (nSPS) is 12.9. The minimum Gasteiger partial charge on any atom is -0.387 e. The molecule has 9 rings (SSSR count). The number of nitrogens with one attached hydrogen (secondary N) is 1. The lowest BCUT2D eigenvalue weighted by atomic mass is 10.0. The van der Waals surface area contributed by atoms with E-state index in [9.17, 15) is 0 Å². The predicted octanol–water partition coefficient (Wildman–Crippen LogP) is 9.68. The van der Waals surface area contributed by atoms with Crippen LogP contribution in [-0.2, 0) is 0 Å². The number of rotatable bonds is 5. The van der Waals surface area contributed by atoms with E-state index in [0.29, 0.717) is 5.95 Å². The number of pyridine rings is 1. The Hall–Kier alpha value is -5.85. The molecule has 46 heavy (non-hydrogen) atoms. The van der Waals surface area contributed by atoms with Crippen LogP contribution in [0.3, 0.4) is 0 Å². The van der Waals surface area contributed by atoms with Crippen LogP contribution in [0.5, 0.6) is 0 Å². The third-order valence-corrected chi connectivity index (χ3v) is 9.82. The van der Waals surface area contributed by atoms with Gasteiger partial charge in [0.2, 0.25) is 5.95 Å². The van der Waals surface area contributed by atoms with Gasteiger partial charge in [-0.15, -0.1) is 11.3 Å². The fourth-order valence-corrected chi connectivity index (χ4v) is 7.58. The molecule has 0 radical (unpaired) electrons. The van der Waals surface area contributed by atoms with Crippen LogP contribution < -0.4 is 5.32 Å². The first-order valence-electron chi connectivity index (χ1n) is 15.3. The van der Waals surface area contributed by atoms with E-state index in [0.717, 1.165) is 51.2 Å². The van der Waals surface area contributed by atoms with E-state index < -0.39 is 0 Å². The van der Waals surface area contributed by atoms with Crippen molar-refractivity contribution in [2.24, 2.45) is 0 Å². The van der Waals surface area contributed by atoms with Crippen LogP contribution in [0.15, 0.2) is 146 Å². The van der Waals surface area contributed by atoms with E-state index in [4.69, 9.17) is 9.97 Å². The second kappa shape index (κ2) is 10.9. The minimum atomic E-state index is 0.656. The standard InChI is InChI=1S/C40H27N5S/c1-2-6-30(7-3-1)37-24-31-14-15-36-38(39(31)46-37)32-8-4-5-9-35(32)45(36)40-43-33(25-34(44-40)29-18-22-42-23-19-29)28-12-10-26(11-13-28)27-16-20-41-21-17-27/h1-22,24-25,42H,23H2. The van der Waals surface area contributed by atoms with Crippen molar-refractivity contribution < 1.29 is 0 Å². The number of allylic oxidation sites excluding steroid dienone is 2. The maximum atomic E-state index is 5.25. The lowest BCUT2D eigenvalue weighted by molar-refractivity contribution is 0.961. The zero-order chi connectivity index (χ0) is 30.5. The Morgan fingerprint density at radius 1 is 0.652 bits per heavy atom. The summed E-state index contributed by atoms with van der Waals surface area (Å²) < 4.78 is 3.51. The summed E-state index contributed by atoms with van der Waals surface area (Å²) in [7, 11) is 0. The molecule has 0 fully saturated rings. The molecule has 1 aliphatic heterocycles. The zero-order valence-electron chi connectivity index (χ0n) is 24.8. The maximum absolute atomic E-state index is 5.25. The lowest BCUT2D eigenvalue weighted by Gasteiger charge is -2.14. The number of thiophene rings is 1. The molecule has 0 unspecified atom stereocenters. The molecule has 4 aromatic heterocycles. The lowest BCUT2D eigenvalue weighted by Crippen LogP contribution is -2.10. The van der Waals surface area contributed by atoms with Crippen LogP contribution in [-0.4, -0.2) is 26.1 Å². The molecule has 5 heterocycles. The molecule has 8 aromatic rings. The Bertz CT molecular complexity index is 2450. The highest BCUT2D eigenvalue weighted by Gasteiger charge is 2.20. The van der Waals surface area contributed by atoms with Crippen molar-refractivity contribution in [3.8, 4) is 38.8 Å². The molecule has 0 saturated carbocycles. The molecular formula is C40H27N5S. The molecule has 0 bridgehead atoms. The number of nitrogens with zero attached hydrogens (tertiary/aromatic N) is 4. The van der Waals surface area contributed by atoms with Gasteiger partial charge in [0.15, 0.2) is 0 Å². The number of hydrogen-bond acceptors (Lipinski definition) is 5. The molecule has 0 amide bonds. The van der Waals surface area contributed by atoms with E-state index in [1.54, 1.807) is 0 Å². The molecule has 0 aliphatic carbocycles. The quantitative estimate of drug-likeness (QED) is 0.211. The third kappa shape index (κ3) is 4.50. The van der Waals surface area contributed by atoms with Gasteiger partial charge in [-0.2, -0.15) is 0 Å². The molecule has 4 aromatic carbocycles. The summed E-state index contributed by atoms with van der Waals surface area (Å²) in [6.07, 6.45) is 9.89. The molecule has 6 heteroatoms. The Labute approximate surface area is 269 Å². The highest BCUT2D eigenvalue weighted by molar-refractivity contribution is 7.23. The first kappa shape index (κ1) is 26.5. The predicted molar refractivity (Wildman–Crippen MR) is 191 cm³/mol. The summed E-state index contributed by atoms with van der Waals surface area (Å²) in [6, 6.07) is 40.7. The average Bonchev–Trinajstić information content (AvgIpc) is 3.72. The largest absolute Gasteiger partial charge is 0.387 e. The van der Waals surface area contributed by atoms with Gasteiger partial charge in [-0.25, -0.2) is 9.97 Å². The molecule has 218 valence electrons. The van der Waals surface area contributed by atoms with Gasteiger partial charge >= 0.3 is 0 Å². The van der Waals surface area contributed by atoms with E-state index in [2.05, 4.69) is 130 Å². The SMILES string of the molecule is C1=CC(c2cc(-c3ccc(-c4ccncc4)cc3)nc(-n3c4ccccc4c4c5sc(-c6ccccc6)cc5ccc43)n2)=CCN1. The summed E-state index contributed by atoms with van der Waals surface area (Å²) in [5.74, 6) is 0.656. The van der Waals surface area contributed by atoms with Gasteiger partial charge in [0.1, 0.15) is 0 Å². The monoisotopic (exact) mass is 609 g/mol. The van der Waals surface area contributed by atoms with Gasteiger partial charge in [-0.05, 0) is 76.3 Å². The van der Waals surface area contributed by atoms with Crippen molar-refractivity contribution in [2.75, 3.05) is 6.54 Å². The molecule has 1 N–H and O–H groups in total. The molecule has 5 nitrogen and oxygen atoms in total. The molecular weight excluding hydrogens is 583 g/mol. The maximum Gasteiger partial charge on any atom is 0.235 e. The molecule has 1 aliphatic rings. The fourth-order valence-electron chi connectivity index (χ4n) is 6.36. The van der Waals surface area contributed by atoms with Crippen LogP contribution in [0.1, 0.15) is 5.69 Å². The van der Waals surface area contributed by atoms with Crippen molar-refractivity contribution in [1.82, 2.24) is 24.8 Å². The fraction of sp³-hybridized carbons (Fsp3) is 0.0250. The van der Waals surface area contributed by atoms with Crippen molar-refractivity contribution in [3.05, 3.63) is 152 Å². The summed E-state index contributed by atoms with van der Waals surface area (Å²) in [4.78, 5) is 15.9. The van der Waals surface area contributed by atoms with E-state index in [1.807, 2.05) is 42.1 Å². The van der Waals surface area contributed by atoms with E-state index in [1.165, 1.54) is 31.3 Å². The Morgan fingerprint density at radius 3 is 2.24 bits per heavy atom. The number of benzene rings is 4. The van der Waals surface area contributed by atoms with Gasteiger partial charge in [-0.3, -0.25) is 9.55 Å². The smallest absolute Gasteiger partial charge is 0.235 e. The second-order valence-corrected chi connectivity index (χ2v) is 12.4. The van der Waals surface area contributed by atoms with Crippen LogP contribution in [0, 0.1) is 0 Å². The highest BCUT2D eigenvalue weighted by atomic mass is 32.1. The average molecular weight is 610 g/mol. The van der Waals surface area contributed by atoms with E-state index in [-0.39, 0.29) is 0 Å². The topological polar surface area (TPSA) is 55.6 Å². The van der Waals surface area contributed by atoms with Gasteiger partial charge in [0.05, 0.1) is 22.4 Å². The van der Waals surface area contributed by atoms with Crippen molar-refractivity contribution in [1.29, 1.82) is 0 Å². The van der Waals surface area contributed by atoms with Crippen LogP contribution in [0.4, 0.5) is 0 Å². The van der Waals surface area contributed by atoms with E-state index >= 15 is 0 Å². The molecule has 0 atom stereocenters. The number of dihydropyridines is 1. The Kier molecular flexibility index (Phi) is 6.32. The summed E-state index contributed by atoms with van der Waals surface area (Å²) in [5.41, 5.74) is 9.58. The minimum absolute atomic E-state index is 0.656. The first-order valence-corrected chi connectivity index (χ1v) is 16.1. The Morgan fingerprint density at radius 2 is 1.41 bits per heavy atom. The first-order chi connectivity index (χ1) is 22.8. The van der Waals surface area contributed by atoms with Gasteiger partial charge in [-0.1, -0.05) is 84.9 Å². The highest BCUT2D eigenvalue weighted by Crippen LogP contribution is 2.42. The van der Waals surface area contributed by atoms with Crippen molar-refractivity contribution in [2.45, 2.75) is 0 Å². The van der Waals surface area contributed by atoms with Crippen LogP contribution in [0.25, 0.3) is 76.2 Å². The van der Waals surface area contributed by atoms with Crippen LogP contribution in [0.2, 0.25) is 0 Å². The summed E-state index contributed by atoms with van der Waals surface area (Å²) >= 11 is 1.85. The van der Waals surface area contributed by atoms with Crippen molar-refractivity contribution >= 4 is 48.8 Å². The zero-order valence-corrected chi connectivity index (χ0v) is 25.6. The van der Waals surface area contributed by atoms with Crippen LogP contribution >= 0.6 is 11.3 Å². The molecule has 0 spiro atoms. The summed E-state index contributed by atoms with van der Waals surface area (Å²) in [5, 5.41) is 6.94. The number of fused-ring (bicyclic) bond motifs is 5. The summed E-state index contributed by atoms with van der Waals surface area (Å²) in [6.45, 7) is 0.761. The number of hydrogen-bond donors (Lipinski definition) is 1.